The zero-order valence-electron chi connectivity index (χ0n) is 23.8. The standard InChI is InChI=1S/C31H32N6O7/c38-28(39)18-25(23-3-1-12-32-19-23)33-30(41)22-8-11-27(35-13-2-14-36(16-15-35)31(42)21-4-5-21)26(17-22)34-29(40)20-6-9-24(10-7-20)37(43)44/h1,3,6-12,17,19,21,25H,2,4-5,13-16,18H2,(H,33,41)(H,34,40)(H,38,39). The Balaban J connectivity index is 1.41. The van der Waals surface area contributed by atoms with E-state index in [1.807, 2.05) is 4.90 Å². The molecule has 3 amide bonds. The summed E-state index contributed by atoms with van der Waals surface area (Å²) < 4.78 is 0. The van der Waals surface area contributed by atoms with Crippen LogP contribution < -0.4 is 15.5 Å². The van der Waals surface area contributed by atoms with Crippen LogP contribution in [-0.4, -0.2) is 69.8 Å². The van der Waals surface area contributed by atoms with E-state index in [1.54, 1.807) is 30.5 Å². The number of amides is 3. The fraction of sp³-hybridized carbons (Fsp3) is 0.323. The van der Waals surface area contributed by atoms with Gasteiger partial charge in [-0.15, -0.1) is 0 Å². The van der Waals surface area contributed by atoms with E-state index in [0.717, 1.165) is 19.3 Å². The fourth-order valence-corrected chi connectivity index (χ4v) is 5.20. The maximum Gasteiger partial charge on any atom is 0.305 e. The highest BCUT2D eigenvalue weighted by molar-refractivity contribution is 6.07. The van der Waals surface area contributed by atoms with E-state index >= 15 is 0 Å². The molecule has 2 heterocycles. The number of rotatable bonds is 10. The van der Waals surface area contributed by atoms with Crippen molar-refractivity contribution < 1.29 is 29.2 Å². The van der Waals surface area contributed by atoms with Gasteiger partial charge in [-0.1, -0.05) is 6.07 Å². The van der Waals surface area contributed by atoms with E-state index in [2.05, 4.69) is 20.5 Å². The Morgan fingerprint density at radius 1 is 0.977 bits per heavy atom. The number of nitrogens with one attached hydrogen (secondary N) is 2. The number of carboxylic acid groups (broad SMARTS) is 1. The maximum atomic E-state index is 13.4. The van der Waals surface area contributed by atoms with Gasteiger partial charge in [0.05, 0.1) is 28.8 Å². The van der Waals surface area contributed by atoms with Gasteiger partial charge in [0.15, 0.2) is 0 Å². The second kappa shape index (κ2) is 13.3. The summed E-state index contributed by atoms with van der Waals surface area (Å²) in [5.74, 6) is -1.88. The van der Waals surface area contributed by atoms with Crippen LogP contribution in [0.5, 0.6) is 0 Å². The van der Waals surface area contributed by atoms with Gasteiger partial charge in [-0.25, -0.2) is 0 Å². The lowest BCUT2D eigenvalue weighted by molar-refractivity contribution is -0.384. The third-order valence-electron chi connectivity index (χ3n) is 7.69. The topological polar surface area (TPSA) is 175 Å². The number of anilines is 2. The number of nitro benzene ring substituents is 1. The summed E-state index contributed by atoms with van der Waals surface area (Å²) in [6, 6.07) is 12.5. The highest BCUT2D eigenvalue weighted by Crippen LogP contribution is 2.33. The summed E-state index contributed by atoms with van der Waals surface area (Å²) in [4.78, 5) is 69.3. The summed E-state index contributed by atoms with van der Waals surface area (Å²) in [5.41, 5.74) is 1.73. The first kappa shape index (κ1) is 30.1. The predicted molar refractivity (Wildman–Crippen MR) is 160 cm³/mol. The quantitative estimate of drug-likeness (QED) is 0.232. The van der Waals surface area contributed by atoms with E-state index < -0.39 is 28.7 Å². The molecule has 3 N–H and O–H groups in total. The van der Waals surface area contributed by atoms with Crippen molar-refractivity contribution in [3.05, 3.63) is 93.8 Å². The van der Waals surface area contributed by atoms with E-state index in [4.69, 9.17) is 0 Å². The Hall–Kier alpha value is -5.33. The molecule has 1 saturated heterocycles. The number of nitro groups is 1. The second-order valence-electron chi connectivity index (χ2n) is 10.8. The smallest absolute Gasteiger partial charge is 0.305 e. The van der Waals surface area contributed by atoms with Crippen LogP contribution in [0.4, 0.5) is 17.1 Å². The van der Waals surface area contributed by atoms with Gasteiger partial charge < -0.3 is 25.5 Å². The molecule has 228 valence electrons. The molecule has 3 aromatic rings. The molecule has 2 aliphatic rings. The number of hydrogen-bond acceptors (Lipinski definition) is 8. The average Bonchev–Trinajstić information content (AvgIpc) is 3.89. The molecule has 1 atom stereocenters. The molecule has 1 unspecified atom stereocenters. The van der Waals surface area contributed by atoms with Crippen molar-refractivity contribution in [3.63, 3.8) is 0 Å². The van der Waals surface area contributed by atoms with Crippen LogP contribution in [0, 0.1) is 16.0 Å². The highest BCUT2D eigenvalue weighted by atomic mass is 16.6. The number of benzene rings is 2. The number of carbonyl (C=O) groups excluding carboxylic acids is 3. The Morgan fingerprint density at radius 3 is 2.39 bits per heavy atom. The first-order chi connectivity index (χ1) is 21.2. The molecule has 0 radical (unpaired) electrons. The van der Waals surface area contributed by atoms with Crippen molar-refractivity contribution in [2.24, 2.45) is 5.92 Å². The Bertz CT molecular complexity index is 1560. The Kier molecular flexibility index (Phi) is 9.12. The number of nitrogens with zero attached hydrogens (tertiary/aromatic N) is 4. The van der Waals surface area contributed by atoms with Crippen LogP contribution >= 0.6 is 0 Å². The number of non-ortho nitro benzene ring substituents is 1. The van der Waals surface area contributed by atoms with Crippen LogP contribution in [0.3, 0.4) is 0 Å². The molecule has 1 aliphatic carbocycles. The monoisotopic (exact) mass is 600 g/mol. The predicted octanol–water partition coefficient (Wildman–Crippen LogP) is 3.64. The lowest BCUT2D eigenvalue weighted by Crippen LogP contribution is -2.36. The number of pyridine rings is 1. The van der Waals surface area contributed by atoms with Crippen molar-refractivity contribution in [2.45, 2.75) is 31.7 Å². The van der Waals surface area contributed by atoms with Gasteiger partial charge in [0.2, 0.25) is 5.91 Å². The second-order valence-corrected chi connectivity index (χ2v) is 10.8. The fourth-order valence-electron chi connectivity index (χ4n) is 5.20. The first-order valence-corrected chi connectivity index (χ1v) is 14.4. The third kappa shape index (κ3) is 7.35. The van der Waals surface area contributed by atoms with E-state index in [-0.39, 0.29) is 35.1 Å². The molecule has 0 spiro atoms. The van der Waals surface area contributed by atoms with Crippen LogP contribution in [0.15, 0.2) is 67.0 Å². The van der Waals surface area contributed by atoms with Crippen molar-refractivity contribution >= 4 is 40.8 Å². The number of carbonyl (C=O) groups is 4. The van der Waals surface area contributed by atoms with Crippen LogP contribution in [0.1, 0.15) is 58.0 Å². The molecular formula is C31H32N6O7. The number of carboxylic acids is 1. The molecule has 1 saturated carbocycles. The van der Waals surface area contributed by atoms with Gasteiger partial charge in [-0.2, -0.15) is 0 Å². The van der Waals surface area contributed by atoms with Crippen molar-refractivity contribution in [1.29, 1.82) is 0 Å². The van der Waals surface area contributed by atoms with Gasteiger partial charge in [-0.05, 0) is 61.2 Å². The van der Waals surface area contributed by atoms with Gasteiger partial charge in [0.1, 0.15) is 0 Å². The molecule has 44 heavy (non-hydrogen) atoms. The number of aromatic nitrogens is 1. The minimum absolute atomic E-state index is 0.118. The molecule has 0 bridgehead atoms. The van der Waals surface area contributed by atoms with Crippen molar-refractivity contribution in [3.8, 4) is 0 Å². The summed E-state index contributed by atoms with van der Waals surface area (Å²) in [6.45, 7) is 2.29. The molecule has 13 nitrogen and oxygen atoms in total. The molecule has 5 rings (SSSR count). The molecule has 13 heteroatoms. The zero-order chi connectivity index (χ0) is 31.2. The molecular weight excluding hydrogens is 568 g/mol. The van der Waals surface area contributed by atoms with E-state index in [1.165, 1.54) is 36.5 Å². The summed E-state index contributed by atoms with van der Waals surface area (Å²) in [7, 11) is 0. The molecule has 2 fully saturated rings. The van der Waals surface area contributed by atoms with Gasteiger partial charge in [0, 0.05) is 67.8 Å². The molecule has 1 aliphatic heterocycles. The summed E-state index contributed by atoms with van der Waals surface area (Å²) in [5, 5.41) is 26.1. The Labute approximate surface area is 253 Å². The summed E-state index contributed by atoms with van der Waals surface area (Å²) in [6.07, 6.45) is 5.25. The highest BCUT2D eigenvalue weighted by Gasteiger charge is 2.34. The minimum Gasteiger partial charge on any atom is -0.481 e. The van der Waals surface area contributed by atoms with Gasteiger partial charge in [-0.3, -0.25) is 34.3 Å². The zero-order valence-corrected chi connectivity index (χ0v) is 23.8. The SMILES string of the molecule is O=C(O)CC(NC(=O)c1ccc(N2CCCN(C(=O)C3CC3)CC2)c(NC(=O)c2ccc([N+](=O)[O-])cc2)c1)c1cccnc1. The van der Waals surface area contributed by atoms with Crippen LogP contribution in [0.2, 0.25) is 0 Å². The molecule has 1 aromatic heterocycles. The van der Waals surface area contributed by atoms with E-state index in [9.17, 15) is 34.4 Å². The third-order valence-corrected chi connectivity index (χ3v) is 7.69. The van der Waals surface area contributed by atoms with Gasteiger partial charge >= 0.3 is 5.97 Å². The average molecular weight is 601 g/mol. The van der Waals surface area contributed by atoms with E-state index in [0.29, 0.717) is 43.1 Å². The lowest BCUT2D eigenvalue weighted by Gasteiger charge is -2.27. The van der Waals surface area contributed by atoms with Crippen molar-refractivity contribution in [2.75, 3.05) is 36.4 Å². The lowest BCUT2D eigenvalue weighted by atomic mass is 10.0. The number of hydrogen-bond donors (Lipinski definition) is 3. The van der Waals surface area contributed by atoms with Crippen LogP contribution in [-0.2, 0) is 9.59 Å². The van der Waals surface area contributed by atoms with Crippen LogP contribution in [0.25, 0.3) is 0 Å². The first-order valence-electron chi connectivity index (χ1n) is 14.4. The maximum absolute atomic E-state index is 13.4. The number of aliphatic carboxylic acids is 1. The normalized spacial score (nSPS) is 15.5. The summed E-state index contributed by atoms with van der Waals surface area (Å²) >= 11 is 0. The van der Waals surface area contributed by atoms with Gasteiger partial charge in [0.25, 0.3) is 17.5 Å². The van der Waals surface area contributed by atoms with Crippen molar-refractivity contribution in [1.82, 2.24) is 15.2 Å². The largest absolute Gasteiger partial charge is 0.481 e. The Morgan fingerprint density at radius 2 is 1.73 bits per heavy atom. The minimum atomic E-state index is -1.10. The molecule has 2 aromatic carbocycles.